The summed E-state index contributed by atoms with van der Waals surface area (Å²) in [5, 5.41) is 88.4. The number of tetrazole rings is 2. The second kappa shape index (κ2) is 52.6. The molecule has 118 heavy (non-hydrogen) atoms. The summed E-state index contributed by atoms with van der Waals surface area (Å²) in [5.74, 6) is 0.382. The number of aromatic carboxylic acids is 1. The summed E-state index contributed by atoms with van der Waals surface area (Å²) in [6, 6.07) is 55.7. The van der Waals surface area contributed by atoms with Crippen molar-refractivity contribution >= 4 is 48.0 Å². The summed E-state index contributed by atoms with van der Waals surface area (Å²) in [6.07, 6.45) is 16.0. The third kappa shape index (κ3) is 32.3. The molecular weight excluding hydrogens is 1750 g/mol. The molecule has 0 aliphatic carbocycles. The van der Waals surface area contributed by atoms with Gasteiger partial charge < -0.3 is 67.9 Å². The van der Waals surface area contributed by atoms with E-state index in [0.29, 0.717) is 89.2 Å². The number of anilines is 3. The van der Waals surface area contributed by atoms with Crippen LogP contribution in [0.15, 0.2) is 195 Å². The van der Waals surface area contributed by atoms with Gasteiger partial charge in [0.15, 0.2) is 12.7 Å². The molecule has 602 valence electrons. The van der Waals surface area contributed by atoms with Crippen molar-refractivity contribution in [2.24, 2.45) is 5.73 Å². The van der Waals surface area contributed by atoms with Gasteiger partial charge in [-0.05, 0) is 167 Å². The van der Waals surface area contributed by atoms with Gasteiger partial charge in [-0.25, -0.2) is 34.3 Å². The van der Waals surface area contributed by atoms with E-state index in [-0.39, 0.29) is 212 Å². The van der Waals surface area contributed by atoms with Crippen LogP contribution in [-0.4, -0.2) is 185 Å². The average Bonchev–Trinajstić information content (AvgIpc) is 1.41. The maximum atomic E-state index is 13.4. The Kier molecular flexibility index (Phi) is 43.1. The number of likely N-dealkylation sites (tertiary alicyclic amines) is 3. The first-order valence-corrected chi connectivity index (χ1v) is 37.0. The van der Waals surface area contributed by atoms with Crippen molar-refractivity contribution in [2.45, 2.75) is 141 Å². The molecule has 10 heterocycles. The van der Waals surface area contributed by atoms with Gasteiger partial charge in [0.2, 0.25) is 5.95 Å². The number of nitriles is 4. The zero-order chi connectivity index (χ0) is 83.0. The van der Waals surface area contributed by atoms with Crippen LogP contribution in [0.4, 0.5) is 31.4 Å². The molecule has 0 saturated carbocycles. The van der Waals surface area contributed by atoms with Gasteiger partial charge in [-0.2, -0.15) is 25.4 Å². The second-order valence-electron chi connectivity index (χ2n) is 26.9. The molecular formula is C81H89Cs2FN24O10. The number of amides is 3. The number of nitrogens with one attached hydrogen (secondary N) is 4. The fraction of sp³-hybridized carbons (Fsp3) is 0.321. The standard InChI is InChI=1S/C20H20N8O.C20H22N4O2.C14H20N2O2.C12H16N4.C8H6N4O2.C6H3FN2.CH2O3.2Cs.H/c1-14-6-7-16(25-19-10-15(11-21)8-9-22-19)12-27(14)20(29)17-4-2-3-5-18(17)28-24-13-23-26-28;1-15-7-8-18(23-19-11-17(12-21)9-10-22-19)13-24(15)20(25)26-14-16-5-3-2-4-6-16;1-11-7-8-13(15)9-16(11)14(17)18-10-12-5-3-2-4-6-12;1-9-2-3-11(8-15-9)16-12-6-10(7-13)4-5-14-12;13-8(14)6-3-1-2-4-7(6)12-10-5-9-11-12;7-6-3-5(4-8)1-2-9-6;2-1-4-3;;;/h2-5,8-10,13-14,16H,6-7,12H2,1H3,(H,22,25);2-6,9-11,15,18H,7-8,13-14H2,1H3,(H,22,23);2-6,11,13H,7-10,15H2,1H3;4-6,9,11,15H,2-3,8H2,1H3,(H,14,16);1-5H,(H,13,14);1-3H;1,3H;;;/q;;;;;;;2*+1;-1/p-1/t14-,16-;15-,18-;11-,13-;9-,11-;;;;;;/m1111....../s1. The Balaban J connectivity index is 0.000000258. The Morgan fingerprint density at radius 1 is 0.542 bits per heavy atom. The van der Waals surface area contributed by atoms with Crippen molar-refractivity contribution in [3.8, 4) is 35.7 Å². The minimum atomic E-state index is -1.02. The molecule has 4 aliphatic rings. The first-order valence-electron chi connectivity index (χ1n) is 37.0. The predicted octanol–water partition coefficient (Wildman–Crippen LogP) is 3.24. The second-order valence-corrected chi connectivity index (χ2v) is 26.9. The Morgan fingerprint density at radius 2 is 0.932 bits per heavy atom. The van der Waals surface area contributed by atoms with Gasteiger partial charge >= 0.3 is 156 Å². The Bertz CT molecular complexity index is 4930. The SMILES string of the molecule is C[C@@H]1CC[C@@H](N)CN1C(=O)OCc1ccccc1.C[C@@H]1CC[C@@H](Nc2cc(C#N)ccn2)CN1.C[C@@H]1CC[C@@H](Nc2cc(C#N)ccn2)CN1C(=O)OCc1ccccc1.C[C@@H]1CC[C@@H](Nc2cc(C#N)ccn2)CN1C(=O)c1ccccc1-n1ncnn1.N#Cc1ccnc(F)c1.O=C(O)c1ccccc1-n1ncnn1.O=CO[O-].[Cs+].[Cs+].[H-]. The van der Waals surface area contributed by atoms with Crippen LogP contribution < -0.4 is 170 Å². The molecule has 4 aromatic carbocycles. The fourth-order valence-corrected chi connectivity index (χ4v) is 12.3. The Morgan fingerprint density at radius 3 is 1.35 bits per heavy atom. The molecule has 0 unspecified atom stereocenters. The van der Waals surface area contributed by atoms with E-state index in [0.717, 1.165) is 74.5 Å². The predicted molar refractivity (Wildman–Crippen MR) is 420 cm³/mol. The number of carboxylic acid groups (broad SMARTS) is 1. The quantitative estimate of drug-likeness (QED) is 0.0371. The number of benzene rings is 4. The zero-order valence-electron chi connectivity index (χ0n) is 67.1. The van der Waals surface area contributed by atoms with Crippen LogP contribution >= 0.6 is 0 Å². The Labute approximate surface area is 801 Å². The van der Waals surface area contributed by atoms with Crippen LogP contribution in [0.5, 0.6) is 0 Å². The van der Waals surface area contributed by atoms with Gasteiger partial charge in [0, 0.05) is 105 Å². The van der Waals surface area contributed by atoms with Crippen molar-refractivity contribution in [3.05, 3.63) is 246 Å². The number of nitrogens with zero attached hydrogens (tertiary/aromatic N) is 19. The van der Waals surface area contributed by atoms with Gasteiger partial charge in [-0.15, -0.1) is 30.0 Å². The molecule has 6 aromatic heterocycles. The van der Waals surface area contributed by atoms with E-state index in [9.17, 15) is 23.6 Å². The number of pyridine rings is 4. The van der Waals surface area contributed by atoms with Crippen LogP contribution in [0.25, 0.3) is 11.4 Å². The topological polar surface area (TPSA) is 474 Å². The molecule has 0 radical (unpaired) electrons. The normalized spacial score (nSPS) is 17.9. The largest absolute Gasteiger partial charge is 1.00 e. The molecule has 14 rings (SSSR count). The number of carboxylic acids is 1. The summed E-state index contributed by atoms with van der Waals surface area (Å²) in [4.78, 5) is 83.8. The van der Waals surface area contributed by atoms with Crippen LogP contribution in [0.2, 0.25) is 0 Å². The molecule has 0 spiro atoms. The molecule has 8 atom stereocenters. The molecule has 10 aromatic rings. The molecule has 4 aliphatic heterocycles. The van der Waals surface area contributed by atoms with E-state index in [1.165, 1.54) is 47.0 Å². The van der Waals surface area contributed by atoms with Crippen LogP contribution in [0.1, 0.15) is 135 Å². The third-order valence-electron chi connectivity index (χ3n) is 18.5. The number of rotatable bonds is 15. The number of hydrogen-bond acceptors (Lipinski definition) is 28. The van der Waals surface area contributed by atoms with E-state index < -0.39 is 11.9 Å². The maximum Gasteiger partial charge on any atom is 1.00 e. The Hall–Kier alpha value is -10.2. The fourth-order valence-electron chi connectivity index (χ4n) is 12.3. The van der Waals surface area contributed by atoms with E-state index >= 15 is 0 Å². The van der Waals surface area contributed by atoms with Gasteiger partial charge in [0.1, 0.15) is 42.0 Å². The van der Waals surface area contributed by atoms with Gasteiger partial charge in [0.25, 0.3) is 12.4 Å². The number of ether oxygens (including phenoxy) is 2. The van der Waals surface area contributed by atoms with Crippen molar-refractivity contribution in [1.82, 2.24) is 80.4 Å². The van der Waals surface area contributed by atoms with Crippen molar-refractivity contribution in [2.75, 3.05) is 42.1 Å². The number of piperidine rings is 4. The minimum absolute atomic E-state index is 0. The number of carbonyl (C=O) groups is 5. The average molecular weight is 1840 g/mol. The molecule has 3 amide bonds. The van der Waals surface area contributed by atoms with Crippen molar-refractivity contribution < 1.29 is 192 Å². The van der Waals surface area contributed by atoms with Gasteiger partial charge in [-0.3, -0.25) is 9.59 Å². The molecule has 34 nitrogen and oxygen atoms in total. The number of aromatic nitrogens is 12. The molecule has 37 heteroatoms. The zero-order valence-corrected chi connectivity index (χ0v) is 78.7. The first kappa shape index (κ1) is 96.7. The third-order valence-corrected chi connectivity index (χ3v) is 18.5. The molecule has 4 fully saturated rings. The summed E-state index contributed by atoms with van der Waals surface area (Å²) >= 11 is 0. The van der Waals surface area contributed by atoms with E-state index in [4.69, 9.17) is 51.4 Å². The molecule has 0 bridgehead atoms. The van der Waals surface area contributed by atoms with Crippen molar-refractivity contribution in [1.29, 1.82) is 21.0 Å². The van der Waals surface area contributed by atoms with Crippen molar-refractivity contribution in [3.63, 3.8) is 0 Å². The summed E-state index contributed by atoms with van der Waals surface area (Å²) in [5.41, 5.74) is 11.6. The monoisotopic (exact) mass is 1840 g/mol. The number of hydrogen-bond donors (Lipinski definition) is 6. The molecule has 4 saturated heterocycles. The smallest absolute Gasteiger partial charge is 1.00 e. The molecule has 7 N–H and O–H groups in total. The van der Waals surface area contributed by atoms with E-state index in [1.807, 2.05) is 91.5 Å². The summed E-state index contributed by atoms with van der Waals surface area (Å²) in [7, 11) is 0. The number of nitrogens with two attached hydrogens (primary N) is 1. The first-order chi connectivity index (χ1) is 56.3. The number of halogens is 1. The van der Waals surface area contributed by atoms with Gasteiger partial charge in [0.05, 0.1) is 57.7 Å². The van der Waals surface area contributed by atoms with E-state index in [2.05, 4.69) is 109 Å². The number of carbonyl (C=O) groups excluding carboxylic acids is 4. The summed E-state index contributed by atoms with van der Waals surface area (Å²) < 4.78 is 22.9. The maximum absolute atomic E-state index is 13.4. The minimum Gasteiger partial charge on any atom is -1.00 e. The van der Waals surface area contributed by atoms with Crippen LogP contribution in [-0.2, 0) is 32.4 Å². The van der Waals surface area contributed by atoms with E-state index in [1.54, 1.807) is 101 Å². The summed E-state index contributed by atoms with van der Waals surface area (Å²) in [6.45, 7) is 11.4. The van der Waals surface area contributed by atoms with Crippen LogP contribution in [0.3, 0.4) is 0 Å². The number of para-hydroxylation sites is 2. The van der Waals surface area contributed by atoms with Crippen LogP contribution in [0, 0.1) is 51.3 Å². The van der Waals surface area contributed by atoms with Gasteiger partial charge in [-0.1, -0.05) is 84.9 Å².